The van der Waals surface area contributed by atoms with Crippen molar-refractivity contribution in [2.75, 3.05) is 13.1 Å². The number of hydrogen-bond donors (Lipinski definition) is 0. The van der Waals surface area contributed by atoms with Gasteiger partial charge in [0.15, 0.2) is 0 Å². The van der Waals surface area contributed by atoms with Crippen LogP contribution in [0.25, 0.3) is 0 Å². The second kappa shape index (κ2) is 4.27. The molecular weight excluding hydrogens is 236 g/mol. The zero-order chi connectivity index (χ0) is 13.0. The molecule has 4 heterocycles. The van der Waals surface area contributed by atoms with Crippen LogP contribution < -0.4 is 0 Å². The van der Waals surface area contributed by atoms with Crippen molar-refractivity contribution in [2.24, 2.45) is 16.8 Å². The van der Waals surface area contributed by atoms with Crippen molar-refractivity contribution in [2.45, 2.75) is 51.1 Å². The first-order valence-corrected chi connectivity index (χ1v) is 7.79. The molecule has 4 aliphatic heterocycles. The lowest BCUT2D eigenvalue weighted by molar-refractivity contribution is -0.124. The zero-order valence-electron chi connectivity index (χ0n) is 11.6. The summed E-state index contributed by atoms with van der Waals surface area (Å²) in [5.41, 5.74) is 2.59. The highest BCUT2D eigenvalue weighted by Gasteiger charge is 2.45. The van der Waals surface area contributed by atoms with Gasteiger partial charge in [-0.1, -0.05) is 13.0 Å². The summed E-state index contributed by atoms with van der Waals surface area (Å²) in [6.45, 7) is 4.66. The second-order valence-corrected chi connectivity index (χ2v) is 6.67. The maximum absolute atomic E-state index is 12.3. The number of nitrogens with zero attached hydrogens (tertiary/aromatic N) is 2. The fraction of sp³-hybridized carbons (Fsp3) is 0.750. The molecule has 3 nitrogen and oxygen atoms in total. The first kappa shape index (κ1) is 11.8. The minimum Gasteiger partial charge on any atom is -0.299 e. The van der Waals surface area contributed by atoms with Gasteiger partial charge in [-0.25, -0.2) is 0 Å². The minimum absolute atomic E-state index is 0.108. The zero-order valence-corrected chi connectivity index (χ0v) is 11.6. The third-order valence-corrected chi connectivity index (χ3v) is 5.41. The van der Waals surface area contributed by atoms with Gasteiger partial charge in [0.25, 0.3) is 0 Å². The predicted octanol–water partition coefficient (Wildman–Crippen LogP) is 2.22. The fourth-order valence-corrected chi connectivity index (χ4v) is 4.62. The Kier molecular flexibility index (Phi) is 2.66. The van der Waals surface area contributed by atoms with Crippen LogP contribution in [0, 0.1) is 11.8 Å². The summed E-state index contributed by atoms with van der Waals surface area (Å²) < 4.78 is 0. The summed E-state index contributed by atoms with van der Waals surface area (Å²) in [5, 5.41) is 0. The summed E-state index contributed by atoms with van der Waals surface area (Å²) in [7, 11) is 0. The molecule has 1 aliphatic carbocycles. The smallest absolute Gasteiger partial charge is 0.144 e. The lowest BCUT2D eigenvalue weighted by Crippen LogP contribution is -2.48. The number of Topliss-reactive ketones (excluding diaryl/α,β-unsaturated/α-hetero) is 1. The Morgan fingerprint density at radius 2 is 2.26 bits per heavy atom. The lowest BCUT2D eigenvalue weighted by Gasteiger charge is -2.42. The van der Waals surface area contributed by atoms with Crippen LogP contribution >= 0.6 is 0 Å². The average molecular weight is 258 g/mol. The number of rotatable bonds is 1. The van der Waals surface area contributed by atoms with Gasteiger partial charge in [-0.2, -0.15) is 0 Å². The monoisotopic (exact) mass is 258 g/mol. The third kappa shape index (κ3) is 1.74. The molecule has 0 amide bonds. The van der Waals surface area contributed by atoms with Gasteiger partial charge in [-0.3, -0.25) is 14.7 Å². The molecule has 1 saturated heterocycles. The summed E-state index contributed by atoms with van der Waals surface area (Å²) >= 11 is 0. The molecule has 102 valence electrons. The van der Waals surface area contributed by atoms with Crippen molar-refractivity contribution in [3.63, 3.8) is 0 Å². The van der Waals surface area contributed by atoms with Gasteiger partial charge in [0.1, 0.15) is 5.78 Å². The summed E-state index contributed by atoms with van der Waals surface area (Å²) in [6, 6.07) is 0.840. The van der Waals surface area contributed by atoms with Crippen LogP contribution in [-0.4, -0.2) is 41.6 Å². The average Bonchev–Trinajstić information content (AvgIpc) is 2.85. The number of aliphatic imine (C=N–C) groups is 1. The van der Waals surface area contributed by atoms with E-state index in [9.17, 15) is 4.79 Å². The summed E-state index contributed by atoms with van der Waals surface area (Å²) in [6.07, 6.45) is 7.87. The van der Waals surface area contributed by atoms with E-state index < -0.39 is 0 Å². The van der Waals surface area contributed by atoms with E-state index in [4.69, 9.17) is 4.99 Å². The van der Waals surface area contributed by atoms with Gasteiger partial charge in [0, 0.05) is 19.0 Å². The second-order valence-electron chi connectivity index (χ2n) is 6.67. The molecule has 0 N–H and O–H groups in total. The van der Waals surface area contributed by atoms with E-state index in [2.05, 4.69) is 17.9 Å². The number of fused-ring (bicyclic) bond motifs is 3. The Balaban J connectivity index is 1.72. The van der Waals surface area contributed by atoms with E-state index in [1.165, 1.54) is 37.2 Å². The molecule has 3 unspecified atom stereocenters. The number of ketones is 1. The quantitative estimate of drug-likeness (QED) is 0.722. The van der Waals surface area contributed by atoms with Crippen molar-refractivity contribution in [3.8, 4) is 0 Å². The topological polar surface area (TPSA) is 32.7 Å². The highest BCUT2D eigenvalue weighted by atomic mass is 16.1. The molecule has 0 aromatic rings. The van der Waals surface area contributed by atoms with E-state index in [0.717, 1.165) is 12.8 Å². The largest absolute Gasteiger partial charge is 0.299 e. The van der Waals surface area contributed by atoms with E-state index in [1.807, 2.05) is 0 Å². The molecule has 2 fully saturated rings. The first-order valence-electron chi connectivity index (χ1n) is 7.79. The molecule has 5 aliphatic rings. The summed E-state index contributed by atoms with van der Waals surface area (Å²) in [4.78, 5) is 19.8. The SMILES string of the molecule is CC1CC2CC(=O)C1C(C1=CCCN3CCC[C@@H]13)=N2. The molecular formula is C16H22N2O. The summed E-state index contributed by atoms with van der Waals surface area (Å²) in [5.74, 6) is 1.05. The van der Waals surface area contributed by atoms with Gasteiger partial charge in [-0.15, -0.1) is 0 Å². The maximum Gasteiger partial charge on any atom is 0.144 e. The van der Waals surface area contributed by atoms with E-state index in [0.29, 0.717) is 24.2 Å². The Labute approximate surface area is 114 Å². The van der Waals surface area contributed by atoms with Crippen molar-refractivity contribution in [1.82, 2.24) is 4.90 Å². The van der Waals surface area contributed by atoms with Crippen LogP contribution in [0.3, 0.4) is 0 Å². The van der Waals surface area contributed by atoms with Crippen LogP contribution in [0.4, 0.5) is 0 Å². The number of carbonyl (C=O) groups excluding carboxylic acids is 1. The van der Waals surface area contributed by atoms with Crippen molar-refractivity contribution >= 4 is 11.5 Å². The van der Waals surface area contributed by atoms with Crippen molar-refractivity contribution < 1.29 is 4.79 Å². The number of carbonyl (C=O) groups is 1. The minimum atomic E-state index is 0.108. The van der Waals surface area contributed by atoms with Crippen LogP contribution in [-0.2, 0) is 4.79 Å². The fourth-order valence-electron chi connectivity index (χ4n) is 4.62. The molecule has 5 rings (SSSR count). The Hall–Kier alpha value is -0.960. The molecule has 3 heteroatoms. The molecule has 1 saturated carbocycles. The molecule has 0 spiro atoms. The molecule has 2 bridgehead atoms. The molecule has 0 radical (unpaired) electrons. The van der Waals surface area contributed by atoms with Gasteiger partial charge in [0.2, 0.25) is 0 Å². The van der Waals surface area contributed by atoms with Crippen molar-refractivity contribution in [3.05, 3.63) is 11.6 Å². The Morgan fingerprint density at radius 1 is 1.37 bits per heavy atom. The highest BCUT2D eigenvalue weighted by Crippen LogP contribution is 2.40. The highest BCUT2D eigenvalue weighted by molar-refractivity contribution is 6.16. The standard InChI is InChI=1S/C16H22N2O/c1-10-8-11-9-14(19)15(10)16(17-11)12-4-2-6-18-7-3-5-13(12)18/h4,10-11,13,15H,2-3,5-9H2,1H3/t10?,11?,13-,15?/m0/s1. The number of hydrogen-bond acceptors (Lipinski definition) is 3. The Bertz CT molecular complexity index is 479. The predicted molar refractivity (Wildman–Crippen MR) is 75.4 cm³/mol. The van der Waals surface area contributed by atoms with Gasteiger partial charge in [0.05, 0.1) is 17.7 Å². The van der Waals surface area contributed by atoms with Gasteiger partial charge in [-0.05, 0) is 43.7 Å². The van der Waals surface area contributed by atoms with Crippen LogP contribution in [0.1, 0.15) is 39.0 Å². The van der Waals surface area contributed by atoms with Gasteiger partial charge >= 0.3 is 0 Å². The third-order valence-electron chi connectivity index (χ3n) is 5.41. The van der Waals surface area contributed by atoms with Crippen LogP contribution in [0.5, 0.6) is 0 Å². The van der Waals surface area contributed by atoms with E-state index in [1.54, 1.807) is 0 Å². The van der Waals surface area contributed by atoms with Crippen LogP contribution in [0.15, 0.2) is 16.6 Å². The normalized spacial score (nSPS) is 42.1. The first-order chi connectivity index (χ1) is 9.24. The van der Waals surface area contributed by atoms with Crippen molar-refractivity contribution in [1.29, 1.82) is 0 Å². The van der Waals surface area contributed by atoms with Crippen LogP contribution in [0.2, 0.25) is 0 Å². The molecule has 0 aromatic carbocycles. The van der Waals surface area contributed by atoms with E-state index >= 15 is 0 Å². The Morgan fingerprint density at radius 3 is 3.05 bits per heavy atom. The van der Waals surface area contributed by atoms with Gasteiger partial charge < -0.3 is 0 Å². The molecule has 0 aromatic heterocycles. The molecule has 4 atom stereocenters. The maximum atomic E-state index is 12.3. The molecule has 19 heavy (non-hydrogen) atoms. The lowest BCUT2D eigenvalue weighted by atomic mass is 9.69. The van der Waals surface area contributed by atoms with E-state index in [-0.39, 0.29) is 12.0 Å².